The molecule has 5 heteroatoms. The Labute approximate surface area is 129 Å². The molecule has 0 aliphatic heterocycles. The smallest absolute Gasteiger partial charge is 0.308 e. The summed E-state index contributed by atoms with van der Waals surface area (Å²) in [6.07, 6.45) is 4.03. The first-order valence-corrected chi connectivity index (χ1v) is 11.8. The van der Waals surface area contributed by atoms with E-state index in [0.29, 0.717) is 25.6 Å². The maximum Gasteiger partial charge on any atom is 0.308 e. The van der Waals surface area contributed by atoms with Gasteiger partial charge in [0.1, 0.15) is 0 Å². The minimum atomic E-state index is -1.13. The van der Waals surface area contributed by atoms with E-state index in [4.69, 9.17) is 9.47 Å². The molecule has 1 aliphatic carbocycles. The van der Waals surface area contributed by atoms with Crippen molar-refractivity contribution in [2.75, 3.05) is 13.2 Å². The molecular weight excluding hydrogens is 284 g/mol. The first kappa shape index (κ1) is 18.2. The van der Waals surface area contributed by atoms with Crippen molar-refractivity contribution in [3.8, 4) is 0 Å². The van der Waals surface area contributed by atoms with Crippen molar-refractivity contribution in [2.24, 2.45) is 11.8 Å². The zero-order chi connectivity index (χ0) is 15.9. The molecule has 0 N–H and O–H groups in total. The second kappa shape index (κ2) is 8.56. The van der Waals surface area contributed by atoms with Crippen LogP contribution in [0.25, 0.3) is 0 Å². The van der Waals surface area contributed by atoms with Gasteiger partial charge in [0, 0.05) is 14.5 Å². The molecule has 0 atom stereocenters. The SMILES string of the molecule is CCOC(=O)C1CCC(CC(=O)OCC[Si](C)(C)C)CC1. The molecule has 0 aromatic heterocycles. The second-order valence-electron chi connectivity index (χ2n) is 7.20. The number of hydrogen-bond donors (Lipinski definition) is 0. The molecule has 1 aliphatic rings. The van der Waals surface area contributed by atoms with E-state index in [-0.39, 0.29) is 17.9 Å². The summed E-state index contributed by atoms with van der Waals surface area (Å²) in [6, 6.07) is 1.02. The fourth-order valence-corrected chi connectivity index (χ4v) is 3.34. The molecule has 0 unspecified atom stereocenters. The topological polar surface area (TPSA) is 52.6 Å². The van der Waals surface area contributed by atoms with E-state index in [2.05, 4.69) is 19.6 Å². The number of ether oxygens (including phenoxy) is 2. The Morgan fingerprint density at radius 1 is 1.05 bits per heavy atom. The summed E-state index contributed by atoms with van der Waals surface area (Å²) >= 11 is 0. The van der Waals surface area contributed by atoms with E-state index in [1.165, 1.54) is 0 Å². The van der Waals surface area contributed by atoms with Gasteiger partial charge in [-0.2, -0.15) is 0 Å². The van der Waals surface area contributed by atoms with Crippen LogP contribution in [0.3, 0.4) is 0 Å². The number of carbonyl (C=O) groups is 2. The lowest BCUT2D eigenvalue weighted by Crippen LogP contribution is -2.26. The van der Waals surface area contributed by atoms with E-state index in [1.54, 1.807) is 0 Å². The van der Waals surface area contributed by atoms with Crippen LogP contribution in [0.15, 0.2) is 0 Å². The van der Waals surface area contributed by atoms with Gasteiger partial charge in [-0.1, -0.05) is 19.6 Å². The van der Waals surface area contributed by atoms with E-state index < -0.39 is 8.07 Å². The van der Waals surface area contributed by atoms with Gasteiger partial charge in [-0.25, -0.2) is 0 Å². The molecule has 4 nitrogen and oxygen atoms in total. The largest absolute Gasteiger partial charge is 0.466 e. The highest BCUT2D eigenvalue weighted by atomic mass is 28.3. The third-order valence-electron chi connectivity index (χ3n) is 4.04. The van der Waals surface area contributed by atoms with Gasteiger partial charge in [-0.3, -0.25) is 9.59 Å². The summed E-state index contributed by atoms with van der Waals surface area (Å²) in [5, 5.41) is 0. The minimum Gasteiger partial charge on any atom is -0.466 e. The molecule has 21 heavy (non-hydrogen) atoms. The van der Waals surface area contributed by atoms with Crippen LogP contribution in [-0.2, 0) is 19.1 Å². The predicted molar refractivity (Wildman–Crippen MR) is 85.8 cm³/mol. The van der Waals surface area contributed by atoms with Gasteiger partial charge in [0.2, 0.25) is 0 Å². The first-order valence-electron chi connectivity index (χ1n) is 8.14. The Bertz CT molecular complexity index is 341. The van der Waals surface area contributed by atoms with E-state index in [0.717, 1.165) is 31.7 Å². The molecule has 1 fully saturated rings. The van der Waals surface area contributed by atoms with Crippen LogP contribution in [-0.4, -0.2) is 33.2 Å². The third kappa shape index (κ3) is 7.65. The molecule has 1 rings (SSSR count). The highest BCUT2D eigenvalue weighted by Gasteiger charge is 2.28. The molecular formula is C16H30O4Si. The predicted octanol–water partition coefficient (Wildman–Crippen LogP) is 3.63. The standard InChI is InChI=1S/C16H30O4Si/c1-5-19-16(18)14-8-6-13(7-9-14)12-15(17)20-10-11-21(2,3)4/h13-14H,5-12H2,1-4H3. The lowest BCUT2D eigenvalue weighted by molar-refractivity contribution is -0.149. The lowest BCUT2D eigenvalue weighted by Gasteiger charge is -2.26. The molecule has 0 amide bonds. The number of hydrogen-bond acceptors (Lipinski definition) is 4. The highest BCUT2D eigenvalue weighted by molar-refractivity contribution is 6.76. The van der Waals surface area contributed by atoms with Crippen molar-refractivity contribution in [3.05, 3.63) is 0 Å². The van der Waals surface area contributed by atoms with Crippen molar-refractivity contribution in [1.29, 1.82) is 0 Å². The molecule has 122 valence electrons. The van der Waals surface area contributed by atoms with Gasteiger partial charge in [0.05, 0.1) is 19.1 Å². The summed E-state index contributed by atoms with van der Waals surface area (Å²) in [4.78, 5) is 23.5. The maximum absolute atomic E-state index is 11.8. The zero-order valence-electron chi connectivity index (χ0n) is 13.9. The van der Waals surface area contributed by atoms with Crippen LogP contribution >= 0.6 is 0 Å². The van der Waals surface area contributed by atoms with Gasteiger partial charge in [0.25, 0.3) is 0 Å². The second-order valence-corrected chi connectivity index (χ2v) is 12.8. The molecule has 0 aromatic carbocycles. The lowest BCUT2D eigenvalue weighted by atomic mass is 9.80. The van der Waals surface area contributed by atoms with Gasteiger partial charge < -0.3 is 9.47 Å². The highest BCUT2D eigenvalue weighted by Crippen LogP contribution is 2.31. The van der Waals surface area contributed by atoms with E-state index >= 15 is 0 Å². The third-order valence-corrected chi connectivity index (χ3v) is 5.74. The van der Waals surface area contributed by atoms with Crippen molar-refractivity contribution >= 4 is 20.0 Å². The first-order chi connectivity index (χ1) is 9.81. The van der Waals surface area contributed by atoms with Crippen LogP contribution in [0.1, 0.15) is 39.0 Å². The van der Waals surface area contributed by atoms with Crippen LogP contribution < -0.4 is 0 Å². The van der Waals surface area contributed by atoms with Crippen molar-refractivity contribution in [3.63, 3.8) is 0 Å². The molecule has 0 bridgehead atoms. The van der Waals surface area contributed by atoms with E-state index in [1.807, 2.05) is 6.92 Å². The van der Waals surface area contributed by atoms with Gasteiger partial charge in [0.15, 0.2) is 0 Å². The Balaban J connectivity index is 2.20. The zero-order valence-corrected chi connectivity index (χ0v) is 14.9. The number of esters is 2. The van der Waals surface area contributed by atoms with Gasteiger partial charge >= 0.3 is 11.9 Å². The minimum absolute atomic E-state index is 0.0316. The summed E-state index contributed by atoms with van der Waals surface area (Å²) in [5.74, 6) is 0.251. The Hall–Kier alpha value is -0.843. The average Bonchev–Trinajstić information content (AvgIpc) is 2.38. The van der Waals surface area contributed by atoms with Crippen molar-refractivity contribution in [2.45, 2.75) is 64.7 Å². The summed E-state index contributed by atoms with van der Waals surface area (Å²) in [7, 11) is -1.13. The monoisotopic (exact) mass is 314 g/mol. The van der Waals surface area contributed by atoms with Crippen LogP contribution in [0.2, 0.25) is 25.7 Å². The summed E-state index contributed by atoms with van der Waals surface area (Å²) < 4.78 is 10.4. The Morgan fingerprint density at radius 3 is 2.19 bits per heavy atom. The molecule has 0 aromatic rings. The normalized spacial score (nSPS) is 22.7. The molecule has 0 radical (unpaired) electrons. The maximum atomic E-state index is 11.8. The Morgan fingerprint density at radius 2 is 1.67 bits per heavy atom. The fourth-order valence-electron chi connectivity index (χ4n) is 2.63. The number of carbonyl (C=O) groups excluding carboxylic acids is 2. The van der Waals surface area contributed by atoms with Gasteiger partial charge in [-0.05, 0) is 44.6 Å². The fraction of sp³-hybridized carbons (Fsp3) is 0.875. The van der Waals surface area contributed by atoms with Crippen molar-refractivity contribution in [1.82, 2.24) is 0 Å². The number of rotatable bonds is 7. The Kier molecular flexibility index (Phi) is 7.42. The summed E-state index contributed by atoms with van der Waals surface area (Å²) in [5.41, 5.74) is 0. The van der Waals surface area contributed by atoms with Crippen LogP contribution in [0.4, 0.5) is 0 Å². The molecule has 0 saturated heterocycles. The molecule has 0 heterocycles. The van der Waals surface area contributed by atoms with Crippen molar-refractivity contribution < 1.29 is 19.1 Å². The quantitative estimate of drug-likeness (QED) is 0.532. The van der Waals surface area contributed by atoms with Gasteiger partial charge in [-0.15, -0.1) is 0 Å². The van der Waals surface area contributed by atoms with Crippen LogP contribution in [0.5, 0.6) is 0 Å². The summed E-state index contributed by atoms with van der Waals surface area (Å²) in [6.45, 7) is 9.67. The van der Waals surface area contributed by atoms with Crippen LogP contribution in [0, 0.1) is 11.8 Å². The molecule has 0 spiro atoms. The average molecular weight is 314 g/mol. The molecule has 1 saturated carbocycles. The van der Waals surface area contributed by atoms with E-state index in [9.17, 15) is 9.59 Å².